The third-order valence-electron chi connectivity index (χ3n) is 6.40. The number of aliphatic hydroxyl groups is 1. The number of cyclic esters (lactones) is 1. The number of unbranched alkanes of at least 4 members (excludes halogenated alkanes) is 11. The van der Waals surface area contributed by atoms with E-state index in [1.54, 1.807) is 0 Å². The molecule has 2 aliphatic rings. The summed E-state index contributed by atoms with van der Waals surface area (Å²) >= 11 is 0. The Morgan fingerprint density at radius 3 is 2.17 bits per heavy atom. The van der Waals surface area contributed by atoms with E-state index in [-0.39, 0.29) is 54.3 Å². The summed E-state index contributed by atoms with van der Waals surface area (Å²) in [5, 5.41) is 10.0. The Hall–Kier alpha value is -0.860. The molecule has 1 N–H and O–H groups in total. The van der Waals surface area contributed by atoms with Crippen LogP contribution in [-0.2, 0) is 28.5 Å². The third-order valence-corrected chi connectivity index (χ3v) is 6.40. The molecule has 2 heterocycles. The number of allylic oxidation sites excluding steroid dienone is 2. The number of hydrogen-bond donors (Lipinski definition) is 1. The van der Waals surface area contributed by atoms with E-state index < -0.39 is 36.2 Å². The van der Waals surface area contributed by atoms with E-state index in [1.807, 2.05) is 13.8 Å². The summed E-state index contributed by atoms with van der Waals surface area (Å²) in [5.74, 6) is -2.08. The van der Waals surface area contributed by atoms with Crippen molar-refractivity contribution >= 4 is 41.5 Å². The summed E-state index contributed by atoms with van der Waals surface area (Å²) in [7, 11) is 0. The Morgan fingerprint density at radius 1 is 1.00 bits per heavy atom. The number of esters is 2. The van der Waals surface area contributed by atoms with Gasteiger partial charge in [-0.05, 0) is 32.1 Å². The molecular weight excluding hydrogens is 471 g/mol. The maximum atomic E-state index is 12.3. The average molecular weight is 519 g/mol. The zero-order valence-electron chi connectivity index (χ0n) is 22.0. The van der Waals surface area contributed by atoms with E-state index in [1.165, 1.54) is 51.4 Å². The van der Waals surface area contributed by atoms with Crippen LogP contribution in [-0.4, -0.2) is 71.7 Å². The first-order valence-electron chi connectivity index (χ1n) is 13.7. The van der Waals surface area contributed by atoms with Crippen LogP contribution in [0.3, 0.4) is 0 Å². The molecule has 3 unspecified atom stereocenters. The fraction of sp³-hybridized carbons (Fsp3) is 0.786. The SMILES string of the molecule is CCCCCCCC/C=C\CCCCCCCC(=O)OC1=C(O)C(=O)OC1C1COC(C(C)C)O1.[NaH]. The fourth-order valence-corrected chi connectivity index (χ4v) is 4.27. The molecule has 1 saturated heterocycles. The molecule has 202 valence electrons. The van der Waals surface area contributed by atoms with Gasteiger partial charge in [0.25, 0.3) is 0 Å². The Morgan fingerprint density at radius 2 is 1.58 bits per heavy atom. The van der Waals surface area contributed by atoms with Gasteiger partial charge in [0.05, 0.1) is 6.61 Å². The second-order valence-corrected chi connectivity index (χ2v) is 9.97. The molecule has 0 saturated carbocycles. The quantitative estimate of drug-likeness (QED) is 0.103. The number of carbonyl (C=O) groups is 2. The summed E-state index contributed by atoms with van der Waals surface area (Å²) in [6.07, 6.45) is 18.2. The van der Waals surface area contributed by atoms with Crippen molar-refractivity contribution in [1.29, 1.82) is 0 Å². The number of hydrogen-bond acceptors (Lipinski definition) is 7. The van der Waals surface area contributed by atoms with Crippen molar-refractivity contribution in [3.05, 3.63) is 23.7 Å². The van der Waals surface area contributed by atoms with E-state index in [0.717, 1.165) is 25.7 Å². The van der Waals surface area contributed by atoms with Gasteiger partial charge in [-0.15, -0.1) is 0 Å². The molecule has 7 nitrogen and oxygen atoms in total. The van der Waals surface area contributed by atoms with E-state index in [2.05, 4.69) is 19.1 Å². The second-order valence-electron chi connectivity index (χ2n) is 9.97. The van der Waals surface area contributed by atoms with Crippen LogP contribution in [0.15, 0.2) is 23.7 Å². The standard InChI is InChI=1S/C28H46O7.Na.H/c1-4-5-6-7-8-9-10-11-12-13-14-15-16-17-18-19-23(29)34-26-24(30)27(31)35-25(26)22-20-32-28(33-22)21(2)3;;/h11-12,21-22,25,28,30H,4-10,13-20H2,1-3H3;;/b12-11-;;. The summed E-state index contributed by atoms with van der Waals surface area (Å²) in [5.41, 5.74) is 0. The summed E-state index contributed by atoms with van der Waals surface area (Å²) < 4.78 is 21.8. The van der Waals surface area contributed by atoms with Gasteiger partial charge < -0.3 is 24.1 Å². The predicted molar refractivity (Wildman–Crippen MR) is 142 cm³/mol. The summed E-state index contributed by atoms with van der Waals surface area (Å²) in [4.78, 5) is 24.1. The van der Waals surface area contributed by atoms with Crippen LogP contribution in [0.4, 0.5) is 0 Å². The Kier molecular flexibility index (Phi) is 17.7. The monoisotopic (exact) mass is 518 g/mol. The van der Waals surface area contributed by atoms with Gasteiger partial charge in [0.15, 0.2) is 12.4 Å². The zero-order valence-corrected chi connectivity index (χ0v) is 22.0. The van der Waals surface area contributed by atoms with E-state index in [4.69, 9.17) is 18.9 Å². The molecule has 0 bridgehead atoms. The molecule has 36 heavy (non-hydrogen) atoms. The predicted octanol–water partition coefficient (Wildman–Crippen LogP) is 6.01. The number of rotatable bonds is 18. The van der Waals surface area contributed by atoms with Crippen LogP contribution >= 0.6 is 0 Å². The molecule has 0 spiro atoms. The van der Waals surface area contributed by atoms with Gasteiger partial charge in [-0.2, -0.15) is 0 Å². The van der Waals surface area contributed by atoms with Crippen molar-refractivity contribution in [2.75, 3.05) is 6.61 Å². The van der Waals surface area contributed by atoms with E-state index in [9.17, 15) is 14.7 Å². The van der Waals surface area contributed by atoms with Crippen molar-refractivity contribution < 1.29 is 33.6 Å². The summed E-state index contributed by atoms with van der Waals surface area (Å²) in [6, 6.07) is 0. The van der Waals surface area contributed by atoms with Crippen LogP contribution in [0.25, 0.3) is 0 Å². The molecule has 2 aliphatic heterocycles. The molecule has 0 radical (unpaired) electrons. The summed E-state index contributed by atoms with van der Waals surface area (Å²) in [6.45, 7) is 6.35. The van der Waals surface area contributed by atoms with Gasteiger partial charge >= 0.3 is 41.5 Å². The van der Waals surface area contributed by atoms with Crippen LogP contribution < -0.4 is 0 Å². The first-order chi connectivity index (χ1) is 16.9. The molecule has 8 heteroatoms. The Labute approximate surface area is 239 Å². The molecular formula is C28H47NaO7. The minimum atomic E-state index is -0.968. The number of aliphatic hydroxyl groups excluding tert-OH is 1. The molecule has 3 atom stereocenters. The van der Waals surface area contributed by atoms with Crippen molar-refractivity contribution in [2.45, 2.75) is 129 Å². The first-order valence-corrected chi connectivity index (χ1v) is 13.7. The van der Waals surface area contributed by atoms with Crippen LogP contribution in [0, 0.1) is 5.92 Å². The van der Waals surface area contributed by atoms with Crippen molar-refractivity contribution in [3.8, 4) is 0 Å². The van der Waals surface area contributed by atoms with Gasteiger partial charge in [0, 0.05) is 12.3 Å². The molecule has 0 amide bonds. The van der Waals surface area contributed by atoms with E-state index >= 15 is 0 Å². The number of ether oxygens (including phenoxy) is 4. The normalized spacial score (nSPS) is 21.9. The molecule has 0 aromatic carbocycles. The van der Waals surface area contributed by atoms with Gasteiger partial charge in [-0.25, -0.2) is 4.79 Å². The van der Waals surface area contributed by atoms with Crippen LogP contribution in [0.5, 0.6) is 0 Å². The average Bonchev–Trinajstić information content (AvgIpc) is 3.43. The van der Waals surface area contributed by atoms with Gasteiger partial charge in [0.2, 0.25) is 11.5 Å². The maximum absolute atomic E-state index is 12.3. The molecule has 0 aromatic rings. The third kappa shape index (κ3) is 12.1. The van der Waals surface area contributed by atoms with Crippen molar-refractivity contribution in [2.24, 2.45) is 5.92 Å². The van der Waals surface area contributed by atoms with Crippen LogP contribution in [0.1, 0.15) is 111 Å². The molecule has 1 fully saturated rings. The van der Waals surface area contributed by atoms with Gasteiger partial charge in [0.1, 0.15) is 6.10 Å². The van der Waals surface area contributed by atoms with Gasteiger partial charge in [-0.3, -0.25) is 4.79 Å². The Bertz CT molecular complexity index is 704. The number of carbonyl (C=O) groups excluding carboxylic acids is 2. The molecule has 0 aliphatic carbocycles. The zero-order chi connectivity index (χ0) is 25.5. The second kappa shape index (κ2) is 19.2. The van der Waals surface area contributed by atoms with E-state index in [0.29, 0.717) is 6.42 Å². The minimum absolute atomic E-state index is 0. The molecule has 2 rings (SSSR count). The topological polar surface area (TPSA) is 91.3 Å². The van der Waals surface area contributed by atoms with Crippen LogP contribution in [0.2, 0.25) is 0 Å². The van der Waals surface area contributed by atoms with Gasteiger partial charge in [-0.1, -0.05) is 84.3 Å². The fourth-order valence-electron chi connectivity index (χ4n) is 4.27. The van der Waals surface area contributed by atoms with Crippen molar-refractivity contribution in [1.82, 2.24) is 0 Å². The Balaban J connectivity index is 0.00000648. The first kappa shape index (κ1) is 33.2. The van der Waals surface area contributed by atoms with Crippen molar-refractivity contribution in [3.63, 3.8) is 0 Å². The molecule has 0 aromatic heterocycles.